The third kappa shape index (κ3) is 3.59. The molecule has 1 aliphatic heterocycles. The van der Waals surface area contributed by atoms with Crippen LogP contribution in [0.25, 0.3) is 0 Å². The second kappa shape index (κ2) is 6.62. The highest BCUT2D eigenvalue weighted by molar-refractivity contribution is 7.80. The van der Waals surface area contributed by atoms with Crippen molar-refractivity contribution in [1.29, 1.82) is 0 Å². The maximum atomic E-state index is 11.5. The van der Waals surface area contributed by atoms with Crippen LogP contribution in [-0.4, -0.2) is 60.3 Å². The number of carbonyl (C=O) groups is 2. The third-order valence-corrected chi connectivity index (χ3v) is 2.71. The zero-order valence-corrected chi connectivity index (χ0v) is 10.4. The van der Waals surface area contributed by atoms with E-state index in [1.54, 1.807) is 16.7 Å². The lowest BCUT2D eigenvalue weighted by atomic mass is 10.3. The Hall–Kier alpha value is -0.910. The van der Waals surface area contributed by atoms with Crippen molar-refractivity contribution in [3.05, 3.63) is 0 Å². The van der Waals surface area contributed by atoms with Crippen LogP contribution in [0.5, 0.6) is 0 Å². The largest absolute Gasteiger partial charge is 0.450 e. The average Bonchev–Trinajstić information content (AvgIpc) is 2.30. The minimum atomic E-state index is -0.288. The van der Waals surface area contributed by atoms with E-state index in [9.17, 15) is 9.59 Å². The number of ether oxygens (including phenoxy) is 1. The highest BCUT2D eigenvalue weighted by Crippen LogP contribution is 2.05. The van der Waals surface area contributed by atoms with E-state index in [4.69, 9.17) is 4.74 Å². The summed E-state index contributed by atoms with van der Waals surface area (Å²) in [5, 5.41) is 0. The minimum absolute atomic E-state index is 0.110. The number of hydrogen-bond acceptors (Lipinski definition) is 4. The molecule has 5 nitrogen and oxygen atoms in total. The molecule has 0 unspecified atom stereocenters. The highest BCUT2D eigenvalue weighted by atomic mass is 32.1. The summed E-state index contributed by atoms with van der Waals surface area (Å²) in [6.07, 6.45) is 0.173. The lowest BCUT2D eigenvalue weighted by Crippen LogP contribution is -2.50. The summed E-state index contributed by atoms with van der Waals surface area (Å²) in [6.45, 7) is 4.45. The summed E-state index contributed by atoms with van der Waals surface area (Å²) in [5.74, 6) is 0.676. The summed E-state index contributed by atoms with van der Waals surface area (Å²) in [5.41, 5.74) is 0. The van der Waals surface area contributed by atoms with E-state index in [2.05, 4.69) is 12.6 Å². The molecule has 2 amide bonds. The van der Waals surface area contributed by atoms with Gasteiger partial charge in [-0.2, -0.15) is 12.6 Å². The quantitative estimate of drug-likeness (QED) is 0.742. The maximum absolute atomic E-state index is 11.5. The van der Waals surface area contributed by atoms with Crippen LogP contribution in [0.4, 0.5) is 4.79 Å². The Morgan fingerprint density at radius 1 is 1.19 bits per heavy atom. The number of rotatable bonds is 3. The molecule has 1 rings (SSSR count). The summed E-state index contributed by atoms with van der Waals surface area (Å²) < 4.78 is 4.90. The van der Waals surface area contributed by atoms with Crippen molar-refractivity contribution in [3.63, 3.8) is 0 Å². The normalized spacial score (nSPS) is 16.1. The number of hydrogen-bond donors (Lipinski definition) is 1. The van der Waals surface area contributed by atoms with Gasteiger partial charge in [0.2, 0.25) is 5.91 Å². The molecule has 0 atom stereocenters. The Morgan fingerprint density at radius 3 is 2.25 bits per heavy atom. The molecule has 0 aliphatic carbocycles. The second-order valence-electron chi connectivity index (χ2n) is 3.54. The van der Waals surface area contributed by atoms with Crippen molar-refractivity contribution in [2.45, 2.75) is 13.3 Å². The van der Waals surface area contributed by atoms with Crippen molar-refractivity contribution in [2.24, 2.45) is 0 Å². The first kappa shape index (κ1) is 13.2. The minimum Gasteiger partial charge on any atom is -0.450 e. The molecule has 0 radical (unpaired) electrons. The van der Waals surface area contributed by atoms with Crippen LogP contribution in [0.15, 0.2) is 0 Å². The fraction of sp³-hybridized carbons (Fsp3) is 0.800. The van der Waals surface area contributed by atoms with E-state index in [0.717, 1.165) is 0 Å². The molecule has 0 saturated carbocycles. The van der Waals surface area contributed by atoms with Gasteiger partial charge in [-0.3, -0.25) is 4.79 Å². The van der Waals surface area contributed by atoms with Gasteiger partial charge in [-0.15, -0.1) is 0 Å². The first-order valence-electron chi connectivity index (χ1n) is 5.49. The molecule has 1 fully saturated rings. The lowest BCUT2D eigenvalue weighted by Gasteiger charge is -2.34. The fourth-order valence-electron chi connectivity index (χ4n) is 1.61. The standard InChI is InChI=1S/C10H18N2O3S/c1-2-15-10(14)12-6-4-11(5-7-12)9(13)3-8-16/h16H,2-8H2,1H3. The number of amides is 2. The Bertz CT molecular complexity index is 226. The lowest BCUT2D eigenvalue weighted by molar-refractivity contribution is -0.132. The van der Waals surface area contributed by atoms with Crippen LogP contribution in [0, 0.1) is 0 Å². The molecule has 0 aromatic rings. The predicted octanol–water partition coefficient (Wildman–Crippen LogP) is 0.607. The summed E-state index contributed by atoms with van der Waals surface area (Å²) in [7, 11) is 0. The van der Waals surface area contributed by atoms with E-state index < -0.39 is 0 Å². The average molecular weight is 246 g/mol. The molecule has 16 heavy (non-hydrogen) atoms. The maximum Gasteiger partial charge on any atom is 0.409 e. The van der Waals surface area contributed by atoms with Crippen LogP contribution >= 0.6 is 12.6 Å². The van der Waals surface area contributed by atoms with Crippen LogP contribution in [-0.2, 0) is 9.53 Å². The molecule has 0 N–H and O–H groups in total. The predicted molar refractivity (Wildman–Crippen MR) is 63.6 cm³/mol. The molecule has 0 spiro atoms. The summed E-state index contributed by atoms with van der Waals surface area (Å²) in [4.78, 5) is 26.3. The molecule has 0 aromatic heterocycles. The smallest absolute Gasteiger partial charge is 0.409 e. The van der Waals surface area contributed by atoms with Crippen LogP contribution in [0.2, 0.25) is 0 Å². The molecule has 1 heterocycles. The topological polar surface area (TPSA) is 49.9 Å². The van der Waals surface area contributed by atoms with Gasteiger partial charge in [-0.05, 0) is 12.7 Å². The van der Waals surface area contributed by atoms with E-state index in [1.807, 2.05) is 0 Å². The number of piperazine rings is 1. The monoisotopic (exact) mass is 246 g/mol. The van der Waals surface area contributed by atoms with Crippen LogP contribution in [0.1, 0.15) is 13.3 Å². The van der Waals surface area contributed by atoms with Gasteiger partial charge in [0.15, 0.2) is 0 Å². The van der Waals surface area contributed by atoms with Gasteiger partial charge in [-0.1, -0.05) is 0 Å². The van der Waals surface area contributed by atoms with Crippen molar-refractivity contribution in [3.8, 4) is 0 Å². The molecule has 1 saturated heterocycles. The molecule has 92 valence electrons. The molecule has 0 bridgehead atoms. The fourth-order valence-corrected chi connectivity index (χ4v) is 1.80. The molecular formula is C10H18N2O3S. The number of nitrogens with zero attached hydrogens (tertiary/aromatic N) is 2. The number of thiol groups is 1. The van der Waals surface area contributed by atoms with Crippen LogP contribution < -0.4 is 0 Å². The Morgan fingerprint density at radius 2 is 1.75 bits per heavy atom. The van der Waals surface area contributed by atoms with Gasteiger partial charge in [0.1, 0.15) is 0 Å². The van der Waals surface area contributed by atoms with Gasteiger partial charge in [0.25, 0.3) is 0 Å². The Kier molecular flexibility index (Phi) is 5.45. The SMILES string of the molecule is CCOC(=O)N1CCN(C(=O)CCS)CC1. The number of carbonyl (C=O) groups excluding carboxylic acids is 2. The summed E-state index contributed by atoms with van der Waals surface area (Å²) in [6, 6.07) is 0. The molecular weight excluding hydrogens is 228 g/mol. The van der Waals surface area contributed by atoms with Crippen LogP contribution in [0.3, 0.4) is 0 Å². The Balaban J connectivity index is 2.33. The van der Waals surface area contributed by atoms with Gasteiger partial charge in [0, 0.05) is 32.6 Å². The van der Waals surface area contributed by atoms with Crippen molar-refractivity contribution in [2.75, 3.05) is 38.5 Å². The van der Waals surface area contributed by atoms with Gasteiger partial charge in [0.05, 0.1) is 6.61 Å². The zero-order chi connectivity index (χ0) is 12.0. The highest BCUT2D eigenvalue weighted by Gasteiger charge is 2.24. The zero-order valence-electron chi connectivity index (χ0n) is 9.52. The third-order valence-electron chi connectivity index (χ3n) is 2.48. The molecule has 0 aromatic carbocycles. The Labute approximate surface area is 101 Å². The van der Waals surface area contributed by atoms with Crippen molar-refractivity contribution < 1.29 is 14.3 Å². The second-order valence-corrected chi connectivity index (χ2v) is 3.99. The van der Waals surface area contributed by atoms with Crippen molar-refractivity contribution >= 4 is 24.6 Å². The van der Waals surface area contributed by atoms with E-state index in [0.29, 0.717) is 45.0 Å². The van der Waals surface area contributed by atoms with E-state index in [-0.39, 0.29) is 12.0 Å². The van der Waals surface area contributed by atoms with Gasteiger partial charge in [-0.25, -0.2) is 4.79 Å². The summed E-state index contributed by atoms with van der Waals surface area (Å²) >= 11 is 4.03. The van der Waals surface area contributed by atoms with Crippen molar-refractivity contribution in [1.82, 2.24) is 9.80 Å². The molecule has 6 heteroatoms. The van der Waals surface area contributed by atoms with Gasteiger partial charge >= 0.3 is 6.09 Å². The first-order chi connectivity index (χ1) is 7.69. The van der Waals surface area contributed by atoms with Gasteiger partial charge < -0.3 is 14.5 Å². The van der Waals surface area contributed by atoms with E-state index in [1.165, 1.54) is 0 Å². The molecule has 1 aliphatic rings. The first-order valence-corrected chi connectivity index (χ1v) is 6.12. The van der Waals surface area contributed by atoms with E-state index >= 15 is 0 Å².